The predicted molar refractivity (Wildman–Crippen MR) is 149 cm³/mol. The molecule has 0 aliphatic rings. The maximum atomic E-state index is 13.5. The number of carbonyl (C=O) groups excluding carboxylic acids is 3. The number of ether oxygens (including phenoxy) is 3. The van der Waals surface area contributed by atoms with Crippen molar-refractivity contribution in [1.82, 2.24) is 9.88 Å². The lowest BCUT2D eigenvalue weighted by atomic mass is 10.0. The SMILES string of the molecule is COc1cc(OC)cc(C(=O)NC(C(=O)OCC(=O)c2c(-c3ccccc3)n(C)c3ccccc23)C(C)C)c1. The first-order chi connectivity index (χ1) is 18.7. The van der Waals surface area contributed by atoms with E-state index in [1.54, 1.807) is 32.0 Å². The zero-order valence-electron chi connectivity index (χ0n) is 22.7. The summed E-state index contributed by atoms with van der Waals surface area (Å²) in [5.74, 6) is -0.916. The van der Waals surface area contributed by atoms with Crippen LogP contribution in [0, 0.1) is 5.92 Å². The van der Waals surface area contributed by atoms with Gasteiger partial charge in [0.25, 0.3) is 5.91 Å². The van der Waals surface area contributed by atoms with Crippen molar-refractivity contribution >= 4 is 28.6 Å². The second kappa shape index (κ2) is 11.9. The van der Waals surface area contributed by atoms with Crippen LogP contribution in [0.3, 0.4) is 0 Å². The fraction of sp³-hybridized carbons (Fsp3) is 0.258. The maximum absolute atomic E-state index is 13.5. The Hall–Kier alpha value is -4.59. The van der Waals surface area contributed by atoms with Crippen LogP contribution in [0.1, 0.15) is 34.6 Å². The molecular formula is C31H32N2O6. The Morgan fingerprint density at radius 3 is 2.10 bits per heavy atom. The molecule has 8 nitrogen and oxygen atoms in total. The van der Waals surface area contributed by atoms with Gasteiger partial charge in [0.2, 0.25) is 5.78 Å². The average Bonchev–Trinajstić information content (AvgIpc) is 3.26. The van der Waals surface area contributed by atoms with Crippen molar-refractivity contribution in [1.29, 1.82) is 0 Å². The zero-order chi connectivity index (χ0) is 28.1. The van der Waals surface area contributed by atoms with Gasteiger partial charge in [-0.3, -0.25) is 9.59 Å². The van der Waals surface area contributed by atoms with E-state index in [4.69, 9.17) is 14.2 Å². The number of Topliss-reactive ketones (excluding diaryl/α,β-unsaturated/α-hetero) is 1. The summed E-state index contributed by atoms with van der Waals surface area (Å²) in [6.45, 7) is 3.12. The number of hydrogen-bond acceptors (Lipinski definition) is 6. The minimum atomic E-state index is -0.969. The second-order valence-corrected chi connectivity index (χ2v) is 9.49. The molecular weight excluding hydrogens is 496 g/mol. The molecule has 0 saturated heterocycles. The highest BCUT2D eigenvalue weighted by atomic mass is 16.5. The van der Waals surface area contributed by atoms with E-state index in [2.05, 4.69) is 5.32 Å². The quantitative estimate of drug-likeness (QED) is 0.229. The Balaban J connectivity index is 1.55. The van der Waals surface area contributed by atoms with Crippen LogP contribution in [0.5, 0.6) is 11.5 Å². The number of nitrogens with zero attached hydrogens (tertiary/aromatic N) is 1. The third-order valence-corrected chi connectivity index (χ3v) is 6.60. The number of ketones is 1. The molecule has 1 N–H and O–H groups in total. The minimum absolute atomic E-state index is 0.268. The summed E-state index contributed by atoms with van der Waals surface area (Å²) in [5, 5.41) is 3.51. The van der Waals surface area contributed by atoms with E-state index < -0.39 is 24.5 Å². The molecule has 39 heavy (non-hydrogen) atoms. The standard InChI is InChI=1S/C31H32N2O6/c1-19(2)28(32-30(35)21-15-22(37-4)17-23(16-21)38-5)31(36)39-18-26(34)27-24-13-9-10-14-25(24)33(3)29(27)20-11-7-6-8-12-20/h6-17,19,28H,18H2,1-5H3,(H,32,35). The zero-order valence-corrected chi connectivity index (χ0v) is 22.7. The van der Waals surface area contributed by atoms with Gasteiger partial charge in [-0.1, -0.05) is 62.4 Å². The van der Waals surface area contributed by atoms with E-state index in [-0.39, 0.29) is 17.3 Å². The van der Waals surface area contributed by atoms with Gasteiger partial charge in [-0.2, -0.15) is 0 Å². The van der Waals surface area contributed by atoms with Crippen LogP contribution in [0.2, 0.25) is 0 Å². The molecule has 4 rings (SSSR count). The molecule has 0 fully saturated rings. The highest BCUT2D eigenvalue weighted by Crippen LogP contribution is 2.33. The Morgan fingerprint density at radius 2 is 1.49 bits per heavy atom. The van der Waals surface area contributed by atoms with Crippen molar-refractivity contribution in [2.24, 2.45) is 13.0 Å². The van der Waals surface area contributed by atoms with Gasteiger partial charge in [0, 0.05) is 29.6 Å². The van der Waals surface area contributed by atoms with Crippen LogP contribution < -0.4 is 14.8 Å². The van der Waals surface area contributed by atoms with Gasteiger partial charge in [-0.15, -0.1) is 0 Å². The van der Waals surface area contributed by atoms with Crippen LogP contribution in [0.15, 0.2) is 72.8 Å². The van der Waals surface area contributed by atoms with Crippen molar-refractivity contribution in [3.63, 3.8) is 0 Å². The van der Waals surface area contributed by atoms with Crippen molar-refractivity contribution in [2.45, 2.75) is 19.9 Å². The van der Waals surface area contributed by atoms with Crippen molar-refractivity contribution in [2.75, 3.05) is 20.8 Å². The van der Waals surface area contributed by atoms with E-state index in [9.17, 15) is 14.4 Å². The third kappa shape index (κ3) is 5.80. The molecule has 0 saturated carbocycles. The number of aryl methyl sites for hydroxylation is 1. The van der Waals surface area contributed by atoms with Gasteiger partial charge in [0.05, 0.1) is 25.5 Å². The molecule has 0 radical (unpaired) electrons. The molecule has 4 aromatic rings. The number of hydrogen-bond donors (Lipinski definition) is 1. The van der Waals surface area contributed by atoms with E-state index in [1.165, 1.54) is 14.2 Å². The highest BCUT2D eigenvalue weighted by molar-refractivity contribution is 6.14. The summed E-state index contributed by atoms with van der Waals surface area (Å²) in [5.41, 5.74) is 3.28. The highest BCUT2D eigenvalue weighted by Gasteiger charge is 2.29. The van der Waals surface area contributed by atoms with Crippen LogP contribution in [0.4, 0.5) is 0 Å². The molecule has 0 spiro atoms. The molecule has 202 valence electrons. The predicted octanol–water partition coefficient (Wildman–Crippen LogP) is 5.04. The molecule has 1 amide bonds. The van der Waals surface area contributed by atoms with E-state index in [1.807, 2.05) is 66.2 Å². The van der Waals surface area contributed by atoms with Crippen LogP contribution in [0.25, 0.3) is 22.2 Å². The lowest BCUT2D eigenvalue weighted by Gasteiger charge is -2.21. The number of nitrogens with one attached hydrogen (secondary N) is 1. The smallest absolute Gasteiger partial charge is 0.329 e. The van der Waals surface area contributed by atoms with Gasteiger partial charge < -0.3 is 24.1 Å². The minimum Gasteiger partial charge on any atom is -0.497 e. The number of rotatable bonds is 10. The Bertz CT molecular complexity index is 1480. The van der Waals surface area contributed by atoms with Crippen LogP contribution in [-0.4, -0.2) is 49.1 Å². The molecule has 1 unspecified atom stereocenters. The molecule has 0 aliphatic heterocycles. The summed E-state index contributed by atoms with van der Waals surface area (Å²) in [4.78, 5) is 39.7. The van der Waals surface area contributed by atoms with Crippen molar-refractivity contribution < 1.29 is 28.6 Å². The normalized spacial score (nSPS) is 11.7. The number of aromatic nitrogens is 1. The first-order valence-corrected chi connectivity index (χ1v) is 12.6. The molecule has 8 heteroatoms. The molecule has 1 heterocycles. The van der Waals surface area contributed by atoms with Crippen molar-refractivity contribution in [3.8, 4) is 22.8 Å². The summed E-state index contributed by atoms with van der Waals surface area (Å²) in [6.07, 6.45) is 0. The monoisotopic (exact) mass is 528 g/mol. The van der Waals surface area contributed by atoms with E-state index in [0.717, 1.165) is 22.2 Å². The number of methoxy groups -OCH3 is 2. The van der Waals surface area contributed by atoms with Crippen LogP contribution >= 0.6 is 0 Å². The third-order valence-electron chi connectivity index (χ3n) is 6.60. The van der Waals surface area contributed by atoms with E-state index in [0.29, 0.717) is 17.1 Å². The van der Waals surface area contributed by atoms with Gasteiger partial charge in [-0.25, -0.2) is 4.79 Å². The molecule has 1 aromatic heterocycles. The Labute approximate surface area is 227 Å². The fourth-order valence-corrected chi connectivity index (χ4v) is 4.57. The molecule has 0 bridgehead atoms. The summed E-state index contributed by atoms with van der Waals surface area (Å²) in [6, 6.07) is 21.0. The first-order valence-electron chi connectivity index (χ1n) is 12.6. The number of para-hydroxylation sites is 1. The number of carbonyl (C=O) groups is 3. The number of benzene rings is 3. The maximum Gasteiger partial charge on any atom is 0.329 e. The van der Waals surface area contributed by atoms with Gasteiger partial charge in [0.1, 0.15) is 17.5 Å². The lowest BCUT2D eigenvalue weighted by molar-refractivity contribution is -0.145. The van der Waals surface area contributed by atoms with Gasteiger partial charge in [0.15, 0.2) is 6.61 Å². The summed E-state index contributed by atoms with van der Waals surface area (Å²) < 4.78 is 17.9. The van der Waals surface area contributed by atoms with Gasteiger partial charge in [-0.05, 0) is 29.7 Å². The Morgan fingerprint density at radius 1 is 0.872 bits per heavy atom. The number of amides is 1. The number of fused-ring (bicyclic) bond motifs is 1. The van der Waals surface area contributed by atoms with Gasteiger partial charge >= 0.3 is 5.97 Å². The fourth-order valence-electron chi connectivity index (χ4n) is 4.57. The van der Waals surface area contributed by atoms with E-state index >= 15 is 0 Å². The molecule has 3 aromatic carbocycles. The summed E-state index contributed by atoms with van der Waals surface area (Å²) >= 11 is 0. The first kappa shape index (κ1) is 27.4. The molecule has 0 aliphatic carbocycles. The number of esters is 1. The average molecular weight is 529 g/mol. The summed E-state index contributed by atoms with van der Waals surface area (Å²) in [7, 11) is 4.88. The largest absolute Gasteiger partial charge is 0.497 e. The van der Waals surface area contributed by atoms with Crippen molar-refractivity contribution in [3.05, 3.63) is 83.9 Å². The van der Waals surface area contributed by atoms with Crippen LogP contribution in [-0.2, 0) is 16.6 Å². The topological polar surface area (TPSA) is 95.9 Å². The Kier molecular flexibility index (Phi) is 8.34. The molecule has 1 atom stereocenters. The lowest BCUT2D eigenvalue weighted by Crippen LogP contribution is -2.45. The second-order valence-electron chi connectivity index (χ2n) is 9.49.